The van der Waals surface area contributed by atoms with Crippen LogP contribution < -0.4 is 9.64 Å². The van der Waals surface area contributed by atoms with Crippen LogP contribution in [0.15, 0.2) is 42.7 Å². The third-order valence-corrected chi connectivity index (χ3v) is 4.15. The van der Waals surface area contributed by atoms with Gasteiger partial charge >= 0.3 is 0 Å². The normalized spacial score (nSPS) is 10.9. The van der Waals surface area contributed by atoms with E-state index in [1.165, 1.54) is 6.33 Å². The molecule has 0 spiro atoms. The maximum absolute atomic E-state index is 6.54. The molecule has 1 aromatic carbocycles. The third kappa shape index (κ3) is 3.30. The van der Waals surface area contributed by atoms with Gasteiger partial charge in [0.15, 0.2) is 0 Å². The summed E-state index contributed by atoms with van der Waals surface area (Å²) in [4.78, 5) is 10.7. The van der Waals surface area contributed by atoms with Crippen LogP contribution >= 0.6 is 11.6 Å². The molecule has 0 saturated heterocycles. The minimum atomic E-state index is 0.390. The fraction of sp³-hybridized carbons (Fsp3) is 0.278. The Labute approximate surface area is 151 Å². The van der Waals surface area contributed by atoms with Crippen molar-refractivity contribution in [2.45, 2.75) is 13.8 Å². The molecule has 7 heteroatoms. The van der Waals surface area contributed by atoms with Gasteiger partial charge in [0.25, 0.3) is 5.78 Å². The van der Waals surface area contributed by atoms with E-state index >= 15 is 0 Å². The molecule has 0 bridgehead atoms. The predicted octanol–water partition coefficient (Wildman–Crippen LogP) is 3.86. The van der Waals surface area contributed by atoms with Gasteiger partial charge in [-0.3, -0.25) is 0 Å². The van der Waals surface area contributed by atoms with Crippen LogP contribution in [0, 0.1) is 0 Å². The monoisotopic (exact) mass is 357 g/mol. The van der Waals surface area contributed by atoms with Crippen LogP contribution in [-0.2, 0) is 0 Å². The topological polar surface area (TPSA) is 55.5 Å². The van der Waals surface area contributed by atoms with E-state index in [-0.39, 0.29) is 0 Å². The number of anilines is 1. The molecule has 130 valence electrons. The largest absolute Gasteiger partial charge is 0.497 e. The molecule has 3 aromatic rings. The molecule has 0 fully saturated rings. The Hall–Kier alpha value is -2.60. The summed E-state index contributed by atoms with van der Waals surface area (Å²) in [6.07, 6.45) is 1.48. The number of hydrogen-bond acceptors (Lipinski definition) is 5. The number of ether oxygens (including phenoxy) is 1. The number of rotatable bonds is 6. The Morgan fingerprint density at radius 1 is 1.32 bits per heavy atom. The first-order valence-corrected chi connectivity index (χ1v) is 8.36. The first-order chi connectivity index (χ1) is 12.0. The van der Waals surface area contributed by atoms with Crippen LogP contribution in [0.4, 0.5) is 5.82 Å². The average Bonchev–Trinajstić information content (AvgIpc) is 3.06. The zero-order valence-electron chi connectivity index (χ0n) is 14.5. The van der Waals surface area contributed by atoms with Crippen molar-refractivity contribution in [2.75, 3.05) is 25.1 Å². The highest BCUT2D eigenvalue weighted by Gasteiger charge is 2.21. The number of benzene rings is 1. The zero-order chi connectivity index (χ0) is 18.0. The molecule has 3 rings (SSSR count). The van der Waals surface area contributed by atoms with E-state index < -0.39 is 0 Å². The van der Waals surface area contributed by atoms with Crippen LogP contribution in [0.1, 0.15) is 13.8 Å². The Bertz CT molecular complexity index is 904. The summed E-state index contributed by atoms with van der Waals surface area (Å²) in [5.41, 5.74) is 2.79. The first-order valence-electron chi connectivity index (χ1n) is 7.98. The molecule has 0 saturated carbocycles. The van der Waals surface area contributed by atoms with E-state index in [1.54, 1.807) is 11.6 Å². The Kier molecular flexibility index (Phi) is 4.90. The fourth-order valence-corrected chi connectivity index (χ4v) is 3.03. The van der Waals surface area contributed by atoms with Gasteiger partial charge in [0.2, 0.25) is 0 Å². The van der Waals surface area contributed by atoms with Crippen LogP contribution in [0.3, 0.4) is 0 Å². The van der Waals surface area contributed by atoms with E-state index in [9.17, 15) is 0 Å². The molecule has 0 aliphatic heterocycles. The lowest BCUT2D eigenvalue weighted by molar-refractivity contribution is 0.415. The molecule has 0 radical (unpaired) electrons. The second kappa shape index (κ2) is 7.11. The number of halogens is 1. The second-order valence-corrected chi connectivity index (χ2v) is 6.13. The van der Waals surface area contributed by atoms with E-state index in [4.69, 9.17) is 16.3 Å². The van der Waals surface area contributed by atoms with Gasteiger partial charge in [-0.1, -0.05) is 35.9 Å². The maximum atomic E-state index is 6.54. The van der Waals surface area contributed by atoms with Gasteiger partial charge in [-0.25, -0.2) is 0 Å². The van der Waals surface area contributed by atoms with Crippen molar-refractivity contribution in [3.05, 3.63) is 47.9 Å². The van der Waals surface area contributed by atoms with Gasteiger partial charge in [-0.05, 0) is 31.5 Å². The van der Waals surface area contributed by atoms with Crippen molar-refractivity contribution in [1.29, 1.82) is 0 Å². The van der Waals surface area contributed by atoms with Crippen LogP contribution in [0.25, 0.3) is 16.9 Å². The summed E-state index contributed by atoms with van der Waals surface area (Å²) in [5.74, 6) is 2.10. The van der Waals surface area contributed by atoms with Crippen LogP contribution in [-0.4, -0.2) is 39.8 Å². The number of aromatic nitrogens is 4. The van der Waals surface area contributed by atoms with Crippen LogP contribution in [0.2, 0.25) is 5.15 Å². The molecule has 0 aliphatic rings. The molecule has 2 aromatic heterocycles. The van der Waals surface area contributed by atoms with Gasteiger partial charge in [-0.15, -0.1) is 0 Å². The van der Waals surface area contributed by atoms with Gasteiger partial charge in [-0.2, -0.15) is 19.6 Å². The molecule has 2 heterocycles. The molecule has 0 N–H and O–H groups in total. The van der Waals surface area contributed by atoms with Crippen molar-refractivity contribution in [3.63, 3.8) is 0 Å². The lowest BCUT2D eigenvalue weighted by Crippen LogP contribution is -2.28. The lowest BCUT2D eigenvalue weighted by atomic mass is 10.1. The minimum absolute atomic E-state index is 0.390. The number of methoxy groups -OCH3 is 1. The van der Waals surface area contributed by atoms with Crippen molar-refractivity contribution in [3.8, 4) is 16.9 Å². The number of likely N-dealkylation sites (N-methyl/N-ethyl adjacent to an activating group) is 1. The molecule has 0 aliphatic carbocycles. The molecule has 25 heavy (non-hydrogen) atoms. The summed E-state index contributed by atoms with van der Waals surface area (Å²) >= 11 is 6.54. The molecular formula is C18H20ClN5O. The van der Waals surface area contributed by atoms with Gasteiger partial charge in [0, 0.05) is 13.1 Å². The summed E-state index contributed by atoms with van der Waals surface area (Å²) in [6, 6.07) is 7.72. The van der Waals surface area contributed by atoms with Gasteiger partial charge in [0.1, 0.15) is 23.0 Å². The summed E-state index contributed by atoms with van der Waals surface area (Å²) in [5, 5.41) is 4.73. The SMILES string of the molecule is C=C(C)CN(CC)c1c(-c2ccc(OC)cc2)c(Cl)nc2ncnn12. The summed E-state index contributed by atoms with van der Waals surface area (Å²) in [7, 11) is 1.64. The summed E-state index contributed by atoms with van der Waals surface area (Å²) in [6.45, 7) is 9.57. The Morgan fingerprint density at radius 3 is 2.64 bits per heavy atom. The molecule has 0 atom stereocenters. The maximum Gasteiger partial charge on any atom is 0.255 e. The molecular weight excluding hydrogens is 338 g/mol. The smallest absolute Gasteiger partial charge is 0.255 e. The molecule has 0 amide bonds. The predicted molar refractivity (Wildman–Crippen MR) is 100 cm³/mol. The van der Waals surface area contributed by atoms with E-state index in [0.717, 1.165) is 34.8 Å². The van der Waals surface area contributed by atoms with Gasteiger partial charge < -0.3 is 9.64 Å². The molecule has 0 unspecified atom stereocenters. The second-order valence-electron chi connectivity index (χ2n) is 5.77. The first kappa shape index (κ1) is 17.2. The number of fused-ring (bicyclic) bond motifs is 1. The van der Waals surface area contributed by atoms with Crippen molar-refractivity contribution < 1.29 is 4.74 Å². The summed E-state index contributed by atoms with van der Waals surface area (Å²) < 4.78 is 6.97. The molecule has 6 nitrogen and oxygen atoms in total. The fourth-order valence-electron chi connectivity index (χ4n) is 2.76. The van der Waals surface area contributed by atoms with Crippen molar-refractivity contribution in [1.82, 2.24) is 19.6 Å². The average molecular weight is 358 g/mol. The number of nitrogens with zero attached hydrogens (tertiary/aromatic N) is 5. The zero-order valence-corrected chi connectivity index (χ0v) is 15.3. The minimum Gasteiger partial charge on any atom is -0.497 e. The van der Waals surface area contributed by atoms with Crippen LogP contribution in [0.5, 0.6) is 5.75 Å². The highest BCUT2D eigenvalue weighted by Crippen LogP contribution is 2.37. The van der Waals surface area contributed by atoms with Crippen molar-refractivity contribution >= 4 is 23.2 Å². The van der Waals surface area contributed by atoms with Crippen molar-refractivity contribution in [2.24, 2.45) is 0 Å². The highest BCUT2D eigenvalue weighted by atomic mass is 35.5. The quantitative estimate of drug-likeness (QED) is 0.495. The van der Waals surface area contributed by atoms with E-state index in [2.05, 4.69) is 33.5 Å². The van der Waals surface area contributed by atoms with Gasteiger partial charge in [0.05, 0.1) is 12.7 Å². The van der Waals surface area contributed by atoms with E-state index in [1.807, 2.05) is 31.2 Å². The van der Waals surface area contributed by atoms with E-state index in [0.29, 0.717) is 17.5 Å². The Balaban J connectivity index is 2.26. The third-order valence-electron chi connectivity index (χ3n) is 3.88. The lowest BCUT2D eigenvalue weighted by Gasteiger charge is -2.26. The number of hydrogen-bond donors (Lipinski definition) is 0. The highest BCUT2D eigenvalue weighted by molar-refractivity contribution is 6.33. The Morgan fingerprint density at radius 2 is 2.04 bits per heavy atom. The standard InChI is InChI=1S/C18H20ClN5O/c1-5-23(10-12(2)3)17-15(13-6-8-14(25-4)9-7-13)16(19)22-18-20-11-21-24(17)18/h6-9,11H,2,5,10H2,1,3-4H3.